The number of nitrogens with zero attached hydrogens (tertiary/aromatic N) is 1. The number of carbonyl (C=O) groups is 1. The second-order valence-electron chi connectivity index (χ2n) is 3.73. The molecule has 1 fully saturated rings. The normalized spacial score (nSPS) is 20.7. The molecule has 0 N–H and O–H groups in total. The van der Waals surface area contributed by atoms with Crippen LogP contribution >= 0.6 is 22.0 Å². The van der Waals surface area contributed by atoms with Crippen LogP contribution in [0.1, 0.15) is 0 Å². The lowest BCUT2D eigenvalue weighted by atomic mass is 10.3. The largest absolute Gasteiger partial charge is 0.310 e. The molecule has 0 aromatic heterocycles. The van der Waals surface area contributed by atoms with E-state index in [1.54, 1.807) is 0 Å². The van der Waals surface area contributed by atoms with E-state index in [1.807, 2.05) is 0 Å². The Balaban J connectivity index is 2.47. The van der Waals surface area contributed by atoms with Crippen LogP contribution in [0.3, 0.4) is 0 Å². The van der Waals surface area contributed by atoms with E-state index < -0.39 is 20.4 Å². The maximum Gasteiger partial charge on any atom is 0.310 e. The number of benzene rings is 1. The van der Waals surface area contributed by atoms with Gasteiger partial charge in [-0.05, 0) is 18.2 Å². The number of hydrogen-bond donors (Lipinski definition) is 0. The second kappa shape index (κ2) is 3.32. The Kier molecular flexibility index (Phi) is 2.49. The van der Waals surface area contributed by atoms with Crippen molar-refractivity contribution in [1.82, 2.24) is 0 Å². The predicted molar refractivity (Wildman–Crippen MR) is 63.0 cm³/mol. The van der Waals surface area contributed by atoms with Gasteiger partial charge in [0.1, 0.15) is 4.90 Å². The molecule has 1 aliphatic heterocycles. The molecule has 18 heavy (non-hydrogen) atoms. The average Bonchev–Trinajstić information content (AvgIpc) is 2.61. The Morgan fingerprint density at radius 2 is 1.83 bits per heavy atom. The lowest BCUT2D eigenvalue weighted by molar-refractivity contribution is 0.266. The maximum atomic E-state index is 12.6. The molecule has 1 saturated heterocycles. The number of carbonyl (C=O) groups excluding carboxylic acids is 1. The van der Waals surface area contributed by atoms with Gasteiger partial charge in [0, 0.05) is 18.0 Å². The molecule has 0 spiro atoms. The minimum atomic E-state index is -9.69. The molecule has 1 aromatic carbocycles. The molecule has 2 nitrogen and oxygen atoms in total. The van der Waals surface area contributed by atoms with E-state index in [-0.39, 0.29) is 12.2 Å². The molecule has 1 aromatic rings. The molecule has 1 amide bonds. The molecule has 0 unspecified atom stereocenters. The van der Waals surface area contributed by atoms with Crippen LogP contribution in [0.2, 0.25) is 0 Å². The number of halogens is 5. The van der Waals surface area contributed by atoms with Crippen LogP contribution in [0.15, 0.2) is 29.2 Å². The summed E-state index contributed by atoms with van der Waals surface area (Å²) in [5, 5.41) is -0.436. The lowest BCUT2D eigenvalue weighted by Gasteiger charge is -2.40. The number of anilines is 1. The summed E-state index contributed by atoms with van der Waals surface area (Å²) in [6.45, 7) is 0.216. The smallest absolute Gasteiger partial charge is 0.302 e. The van der Waals surface area contributed by atoms with Crippen molar-refractivity contribution in [2.45, 2.75) is 4.90 Å². The second-order valence-corrected chi connectivity index (χ2v) is 7.19. The topological polar surface area (TPSA) is 20.3 Å². The van der Waals surface area contributed by atoms with Crippen LogP contribution < -0.4 is 4.90 Å². The van der Waals surface area contributed by atoms with Crippen molar-refractivity contribution in [2.24, 2.45) is 0 Å². The van der Waals surface area contributed by atoms with Crippen LogP contribution in [0.25, 0.3) is 0 Å². The predicted octanol–water partition coefficient (Wildman–Crippen LogP) is 5.02. The first-order valence-corrected chi connectivity index (χ1v) is 7.69. The van der Waals surface area contributed by atoms with Gasteiger partial charge in [-0.2, -0.15) is 0 Å². The lowest BCUT2D eigenvalue weighted by Crippen LogP contribution is -2.22. The van der Waals surface area contributed by atoms with E-state index in [0.29, 0.717) is 17.9 Å². The van der Waals surface area contributed by atoms with Crippen molar-refractivity contribution >= 4 is 32.9 Å². The number of thioether (sulfide) groups is 1. The van der Waals surface area contributed by atoms with Crippen molar-refractivity contribution in [3.05, 3.63) is 24.3 Å². The monoisotopic (exact) mass is 305 g/mol. The molecular formula is C9H8F5NOS2. The van der Waals surface area contributed by atoms with Gasteiger partial charge in [-0.1, -0.05) is 37.3 Å². The zero-order chi connectivity index (χ0) is 13.7. The SMILES string of the molecule is O=C1SCCN1c1cccc(S(F)(F)(F)(F)F)c1. The highest BCUT2D eigenvalue weighted by Gasteiger charge is 2.65. The fourth-order valence-corrected chi connectivity index (χ4v) is 3.00. The molecule has 0 atom stereocenters. The van der Waals surface area contributed by atoms with Gasteiger partial charge in [0.2, 0.25) is 0 Å². The fraction of sp³-hybridized carbons (Fsp3) is 0.222. The highest BCUT2D eigenvalue weighted by atomic mass is 32.5. The van der Waals surface area contributed by atoms with Gasteiger partial charge >= 0.3 is 10.2 Å². The summed E-state index contributed by atoms with van der Waals surface area (Å²) in [6.07, 6.45) is 0. The standard InChI is InChI=1S/C9H8F5NOS2/c10-18(11,12,13,14)8-3-1-2-7(6-8)15-4-5-17-9(15)16/h1-3,6H,4-5H2. The number of hydrogen-bond acceptors (Lipinski definition) is 2. The van der Waals surface area contributed by atoms with Crippen molar-refractivity contribution < 1.29 is 24.2 Å². The van der Waals surface area contributed by atoms with Gasteiger partial charge in [-0.25, -0.2) is 0 Å². The summed E-state index contributed by atoms with van der Waals surface area (Å²) in [4.78, 5) is 10.4. The van der Waals surface area contributed by atoms with Crippen molar-refractivity contribution in [1.29, 1.82) is 0 Å². The molecule has 9 heteroatoms. The van der Waals surface area contributed by atoms with Crippen LogP contribution in [-0.2, 0) is 0 Å². The summed E-state index contributed by atoms with van der Waals surface area (Å²) < 4.78 is 63.0. The van der Waals surface area contributed by atoms with Gasteiger partial charge in [-0.15, -0.1) is 0 Å². The molecule has 0 saturated carbocycles. The van der Waals surface area contributed by atoms with Crippen molar-refractivity contribution in [3.8, 4) is 0 Å². The van der Waals surface area contributed by atoms with Gasteiger partial charge in [0.15, 0.2) is 0 Å². The molecule has 0 radical (unpaired) electrons. The summed E-state index contributed by atoms with van der Waals surface area (Å²) in [5.41, 5.74) is -0.157. The number of amides is 1. The highest BCUT2D eigenvalue weighted by molar-refractivity contribution is 8.45. The van der Waals surface area contributed by atoms with E-state index in [9.17, 15) is 24.2 Å². The van der Waals surface area contributed by atoms with Gasteiger partial charge < -0.3 is 4.90 Å². The summed E-state index contributed by atoms with van der Waals surface area (Å²) in [7, 11) is -9.69. The zero-order valence-electron chi connectivity index (χ0n) is 8.79. The van der Waals surface area contributed by atoms with E-state index in [2.05, 4.69) is 0 Å². The Morgan fingerprint density at radius 1 is 1.17 bits per heavy atom. The van der Waals surface area contributed by atoms with Gasteiger partial charge in [-0.3, -0.25) is 4.79 Å². The van der Waals surface area contributed by atoms with Crippen LogP contribution in [-0.4, -0.2) is 17.5 Å². The average molecular weight is 305 g/mol. The molecular weight excluding hydrogens is 297 g/mol. The number of rotatable bonds is 2. The first-order valence-electron chi connectivity index (χ1n) is 4.76. The van der Waals surface area contributed by atoms with E-state index in [1.165, 1.54) is 6.07 Å². The molecule has 1 aliphatic rings. The van der Waals surface area contributed by atoms with Gasteiger partial charge in [0.05, 0.1) is 0 Å². The van der Waals surface area contributed by atoms with E-state index in [4.69, 9.17) is 0 Å². The Morgan fingerprint density at radius 3 is 2.33 bits per heavy atom. The fourth-order valence-electron chi connectivity index (χ4n) is 1.52. The maximum absolute atomic E-state index is 12.6. The zero-order valence-corrected chi connectivity index (χ0v) is 10.4. The third kappa shape index (κ3) is 2.72. The third-order valence-corrected chi connectivity index (χ3v) is 4.33. The molecule has 2 rings (SSSR count). The van der Waals surface area contributed by atoms with Crippen molar-refractivity contribution in [2.75, 3.05) is 17.2 Å². The first kappa shape index (κ1) is 13.5. The minimum absolute atomic E-state index is 0.157. The molecule has 0 aliphatic carbocycles. The Bertz CT molecular complexity index is 515. The van der Waals surface area contributed by atoms with Crippen molar-refractivity contribution in [3.63, 3.8) is 0 Å². The quantitative estimate of drug-likeness (QED) is 0.715. The summed E-state index contributed by atoms with van der Waals surface area (Å²) >= 11 is 0.940. The minimum Gasteiger partial charge on any atom is -0.302 e. The molecule has 102 valence electrons. The molecule has 1 heterocycles. The van der Waals surface area contributed by atoms with Gasteiger partial charge in [0.25, 0.3) is 5.24 Å². The highest BCUT2D eigenvalue weighted by Crippen LogP contribution is 3.02. The Labute approximate surface area is 104 Å². The molecule has 0 bridgehead atoms. The first-order chi connectivity index (χ1) is 7.97. The van der Waals surface area contributed by atoms with Crippen LogP contribution in [0.4, 0.5) is 29.9 Å². The Hall–Kier alpha value is -0.960. The van der Waals surface area contributed by atoms with E-state index >= 15 is 0 Å². The summed E-state index contributed by atoms with van der Waals surface area (Å²) in [6, 6.07) is 2.72. The van der Waals surface area contributed by atoms with E-state index in [0.717, 1.165) is 22.7 Å². The third-order valence-electron chi connectivity index (χ3n) is 2.34. The van der Waals surface area contributed by atoms with Crippen LogP contribution in [0.5, 0.6) is 0 Å². The summed E-state index contributed by atoms with van der Waals surface area (Å²) in [5.74, 6) is 0.430. The van der Waals surface area contributed by atoms with Crippen LogP contribution in [0, 0.1) is 0 Å².